The lowest BCUT2D eigenvalue weighted by Gasteiger charge is -1.97. The summed E-state index contributed by atoms with van der Waals surface area (Å²) in [5.41, 5.74) is 4.80. The van der Waals surface area contributed by atoms with E-state index in [9.17, 15) is 5.11 Å². The zero-order chi connectivity index (χ0) is 17.2. The van der Waals surface area contributed by atoms with Gasteiger partial charge in [-0.1, -0.05) is 6.07 Å². The second kappa shape index (κ2) is 6.45. The third kappa shape index (κ3) is 3.41. The highest BCUT2D eigenvalue weighted by Gasteiger charge is 2.06. The van der Waals surface area contributed by atoms with Gasteiger partial charge in [-0.05, 0) is 73.2 Å². The van der Waals surface area contributed by atoms with Crippen LogP contribution in [0.4, 0.5) is 11.4 Å². The SMILES string of the molecule is Cc1ccc2sc(-c3ccc(/N=N/c4ccc(O)cc4)cc3)nc2c1. The number of aromatic nitrogens is 1. The van der Waals surface area contributed by atoms with Crippen LogP contribution in [0.5, 0.6) is 5.75 Å². The van der Waals surface area contributed by atoms with E-state index >= 15 is 0 Å². The number of aromatic hydroxyl groups is 1. The standard InChI is InChI=1S/C20H15N3OS/c1-13-2-11-19-18(12-13)21-20(25-19)14-3-5-15(6-4-14)22-23-16-7-9-17(24)10-8-16/h2-12,24H,1H3/b23-22+. The van der Waals surface area contributed by atoms with E-state index in [4.69, 9.17) is 4.98 Å². The monoisotopic (exact) mass is 345 g/mol. The highest BCUT2D eigenvalue weighted by atomic mass is 32.1. The third-order valence-electron chi connectivity index (χ3n) is 3.79. The molecule has 25 heavy (non-hydrogen) atoms. The summed E-state index contributed by atoms with van der Waals surface area (Å²) in [6.07, 6.45) is 0. The molecule has 0 saturated carbocycles. The Morgan fingerprint density at radius 2 is 1.48 bits per heavy atom. The van der Waals surface area contributed by atoms with Crippen molar-refractivity contribution in [2.75, 3.05) is 0 Å². The van der Waals surface area contributed by atoms with Crippen molar-refractivity contribution >= 4 is 32.9 Å². The Morgan fingerprint density at radius 3 is 2.16 bits per heavy atom. The van der Waals surface area contributed by atoms with Crippen molar-refractivity contribution in [2.24, 2.45) is 10.2 Å². The number of benzene rings is 3. The van der Waals surface area contributed by atoms with Crippen molar-refractivity contribution in [1.29, 1.82) is 0 Å². The first-order chi connectivity index (χ1) is 12.2. The summed E-state index contributed by atoms with van der Waals surface area (Å²) < 4.78 is 1.19. The number of hydrogen-bond donors (Lipinski definition) is 1. The van der Waals surface area contributed by atoms with Gasteiger partial charge in [0.1, 0.15) is 10.8 Å². The Bertz CT molecular complexity index is 1050. The van der Waals surface area contributed by atoms with Gasteiger partial charge in [-0.25, -0.2) is 4.98 Å². The lowest BCUT2D eigenvalue weighted by molar-refractivity contribution is 0.475. The topological polar surface area (TPSA) is 57.8 Å². The molecule has 4 rings (SSSR count). The number of hydrogen-bond acceptors (Lipinski definition) is 5. The molecule has 0 fully saturated rings. The smallest absolute Gasteiger partial charge is 0.124 e. The maximum atomic E-state index is 9.27. The van der Waals surface area contributed by atoms with Gasteiger partial charge in [0.15, 0.2) is 0 Å². The van der Waals surface area contributed by atoms with Gasteiger partial charge in [0.2, 0.25) is 0 Å². The van der Waals surface area contributed by atoms with Crippen LogP contribution in [0.15, 0.2) is 77.0 Å². The number of phenols is 1. The van der Waals surface area contributed by atoms with Crippen LogP contribution < -0.4 is 0 Å². The molecule has 0 spiro atoms. The number of azo groups is 1. The lowest BCUT2D eigenvalue weighted by atomic mass is 10.2. The molecule has 4 nitrogen and oxygen atoms in total. The van der Waals surface area contributed by atoms with Crippen molar-refractivity contribution in [2.45, 2.75) is 6.92 Å². The summed E-state index contributed by atoms with van der Waals surface area (Å²) in [5.74, 6) is 0.217. The molecule has 1 aromatic heterocycles. The maximum Gasteiger partial charge on any atom is 0.124 e. The highest BCUT2D eigenvalue weighted by molar-refractivity contribution is 7.21. The average Bonchev–Trinajstić information content (AvgIpc) is 3.05. The molecule has 4 aromatic rings. The van der Waals surface area contributed by atoms with Crippen molar-refractivity contribution in [3.05, 3.63) is 72.3 Å². The minimum Gasteiger partial charge on any atom is -0.508 e. The molecule has 1 heterocycles. The van der Waals surface area contributed by atoms with Gasteiger partial charge in [0, 0.05) is 5.56 Å². The summed E-state index contributed by atoms with van der Waals surface area (Å²) in [6.45, 7) is 2.08. The molecule has 0 saturated heterocycles. The molecule has 5 heteroatoms. The molecule has 0 bridgehead atoms. The number of aryl methyl sites for hydroxylation is 1. The van der Waals surface area contributed by atoms with Crippen LogP contribution in [0.25, 0.3) is 20.8 Å². The summed E-state index contributed by atoms with van der Waals surface area (Å²) >= 11 is 1.69. The summed E-state index contributed by atoms with van der Waals surface area (Å²) in [4.78, 5) is 4.72. The minimum absolute atomic E-state index is 0.217. The summed E-state index contributed by atoms with van der Waals surface area (Å²) in [5, 5.41) is 18.7. The minimum atomic E-state index is 0.217. The largest absolute Gasteiger partial charge is 0.508 e. The Kier molecular flexibility index (Phi) is 3.99. The quantitative estimate of drug-likeness (QED) is 0.437. The predicted octanol–water partition coefficient (Wildman–Crippen LogP) is 6.39. The van der Waals surface area contributed by atoms with Crippen LogP contribution in [-0.2, 0) is 0 Å². The summed E-state index contributed by atoms with van der Waals surface area (Å²) in [7, 11) is 0. The first-order valence-corrected chi connectivity index (χ1v) is 8.67. The van der Waals surface area contributed by atoms with Gasteiger partial charge in [-0.2, -0.15) is 10.2 Å². The van der Waals surface area contributed by atoms with Crippen molar-refractivity contribution in [3.63, 3.8) is 0 Å². The number of rotatable bonds is 3. The van der Waals surface area contributed by atoms with Crippen molar-refractivity contribution in [1.82, 2.24) is 4.98 Å². The maximum absolute atomic E-state index is 9.27. The van der Waals surface area contributed by atoms with E-state index in [1.807, 2.05) is 24.3 Å². The predicted molar refractivity (Wildman–Crippen MR) is 102 cm³/mol. The van der Waals surface area contributed by atoms with Gasteiger partial charge in [-0.15, -0.1) is 11.3 Å². The Labute approximate surface area is 149 Å². The molecular weight excluding hydrogens is 330 g/mol. The zero-order valence-electron chi connectivity index (χ0n) is 13.5. The van der Waals surface area contributed by atoms with E-state index in [1.54, 1.807) is 35.6 Å². The van der Waals surface area contributed by atoms with Crippen LogP contribution in [0.3, 0.4) is 0 Å². The molecule has 0 unspecified atom stereocenters. The number of nitrogens with zero attached hydrogens (tertiary/aromatic N) is 3. The molecule has 0 aliphatic rings. The number of fused-ring (bicyclic) bond motifs is 1. The average molecular weight is 345 g/mol. The molecule has 0 radical (unpaired) electrons. The summed E-state index contributed by atoms with van der Waals surface area (Å²) in [6, 6.07) is 20.8. The van der Waals surface area contributed by atoms with Crippen molar-refractivity contribution < 1.29 is 5.11 Å². The third-order valence-corrected chi connectivity index (χ3v) is 4.87. The van der Waals surface area contributed by atoms with E-state index in [0.29, 0.717) is 5.69 Å². The van der Waals surface area contributed by atoms with Crippen LogP contribution in [0.2, 0.25) is 0 Å². The van der Waals surface area contributed by atoms with E-state index in [0.717, 1.165) is 21.8 Å². The van der Waals surface area contributed by atoms with Gasteiger partial charge in [0.25, 0.3) is 0 Å². The van der Waals surface area contributed by atoms with Gasteiger partial charge in [0.05, 0.1) is 21.6 Å². The van der Waals surface area contributed by atoms with Crippen LogP contribution in [0, 0.1) is 6.92 Å². The molecule has 1 N–H and O–H groups in total. The van der Waals surface area contributed by atoms with E-state index in [1.165, 1.54) is 10.3 Å². The van der Waals surface area contributed by atoms with Gasteiger partial charge in [-0.3, -0.25) is 0 Å². The molecule has 0 aliphatic heterocycles. The first kappa shape index (κ1) is 15.5. The molecule has 122 valence electrons. The number of thiazole rings is 1. The zero-order valence-corrected chi connectivity index (χ0v) is 14.4. The fraction of sp³-hybridized carbons (Fsp3) is 0.0500. The van der Waals surface area contributed by atoms with E-state index < -0.39 is 0 Å². The highest BCUT2D eigenvalue weighted by Crippen LogP contribution is 2.31. The fourth-order valence-corrected chi connectivity index (χ4v) is 3.42. The van der Waals surface area contributed by atoms with Crippen LogP contribution in [-0.4, -0.2) is 10.1 Å². The van der Waals surface area contributed by atoms with E-state index in [2.05, 4.69) is 35.4 Å². The van der Waals surface area contributed by atoms with Gasteiger partial charge < -0.3 is 5.11 Å². The number of phenolic OH excluding ortho intramolecular Hbond substituents is 1. The fourth-order valence-electron chi connectivity index (χ4n) is 2.47. The molecular formula is C20H15N3OS. The Morgan fingerprint density at radius 1 is 0.840 bits per heavy atom. The second-order valence-corrected chi connectivity index (χ2v) is 6.78. The second-order valence-electron chi connectivity index (χ2n) is 5.75. The van der Waals surface area contributed by atoms with Crippen LogP contribution in [0.1, 0.15) is 5.56 Å². The van der Waals surface area contributed by atoms with E-state index in [-0.39, 0.29) is 5.75 Å². The lowest BCUT2D eigenvalue weighted by Crippen LogP contribution is -1.75. The normalized spacial score (nSPS) is 11.4. The molecule has 3 aromatic carbocycles. The van der Waals surface area contributed by atoms with Gasteiger partial charge >= 0.3 is 0 Å². The first-order valence-electron chi connectivity index (χ1n) is 7.86. The Hall–Kier alpha value is -3.05. The Balaban J connectivity index is 1.57. The molecule has 0 amide bonds. The molecule has 0 atom stereocenters. The molecule has 0 aliphatic carbocycles. The van der Waals surface area contributed by atoms with Crippen LogP contribution >= 0.6 is 11.3 Å². The van der Waals surface area contributed by atoms with Crippen molar-refractivity contribution in [3.8, 4) is 16.3 Å².